The Morgan fingerprint density at radius 3 is 1.96 bits per heavy atom. The minimum Gasteiger partial charge on any atom is -0.297 e. The molecule has 0 bridgehead atoms. The Morgan fingerprint density at radius 2 is 1.23 bits per heavy atom. The van der Waals surface area contributed by atoms with Crippen LogP contribution in [0, 0.1) is 0 Å². The summed E-state index contributed by atoms with van der Waals surface area (Å²) in [4.78, 5) is 4.97. The van der Waals surface area contributed by atoms with Gasteiger partial charge in [-0.25, -0.2) is 0 Å². The monoisotopic (exact) mass is 384 g/mol. The van der Waals surface area contributed by atoms with E-state index in [1.807, 2.05) is 18.2 Å². The maximum Gasteiger partial charge on any atom is 0.0465 e. The van der Waals surface area contributed by atoms with Crippen LogP contribution in [0.4, 0.5) is 0 Å². The van der Waals surface area contributed by atoms with Gasteiger partial charge >= 0.3 is 0 Å². The number of hydrogen-bond donors (Lipinski definition) is 0. The summed E-state index contributed by atoms with van der Waals surface area (Å²) < 4.78 is 0. The molecule has 0 radical (unpaired) electrons. The Hall–Kier alpha value is -1.58. The standard InChI is InChI=1S/C22H22Cl2N2/c23-21-9-4-10-22(24)20(21)16-26-13-11-25(12-14-26)15-18-7-3-6-17-5-1-2-8-19(17)18/h1-10H,11-16H2. The molecular formula is C22H22Cl2N2. The van der Waals surface area contributed by atoms with Crippen molar-refractivity contribution in [3.8, 4) is 0 Å². The molecule has 134 valence electrons. The predicted molar refractivity (Wildman–Crippen MR) is 111 cm³/mol. The van der Waals surface area contributed by atoms with Gasteiger partial charge in [-0.3, -0.25) is 9.80 Å². The zero-order chi connectivity index (χ0) is 17.9. The van der Waals surface area contributed by atoms with Gasteiger partial charge in [-0.15, -0.1) is 0 Å². The summed E-state index contributed by atoms with van der Waals surface area (Å²) in [7, 11) is 0. The van der Waals surface area contributed by atoms with E-state index < -0.39 is 0 Å². The van der Waals surface area contributed by atoms with Crippen molar-refractivity contribution < 1.29 is 0 Å². The molecule has 1 aliphatic rings. The van der Waals surface area contributed by atoms with E-state index in [0.29, 0.717) is 0 Å². The average molecular weight is 385 g/mol. The third kappa shape index (κ3) is 3.89. The van der Waals surface area contributed by atoms with Crippen LogP contribution >= 0.6 is 23.2 Å². The maximum absolute atomic E-state index is 6.32. The summed E-state index contributed by atoms with van der Waals surface area (Å²) in [6.45, 7) is 6.01. The van der Waals surface area contributed by atoms with E-state index in [1.54, 1.807) is 0 Å². The Bertz CT molecular complexity index is 876. The zero-order valence-electron chi connectivity index (χ0n) is 14.7. The van der Waals surface area contributed by atoms with Crippen molar-refractivity contribution in [3.05, 3.63) is 81.8 Å². The molecule has 0 saturated carbocycles. The summed E-state index contributed by atoms with van der Waals surface area (Å²) in [6.07, 6.45) is 0. The Balaban J connectivity index is 1.39. The van der Waals surface area contributed by atoms with Gasteiger partial charge in [-0.05, 0) is 28.5 Å². The van der Waals surface area contributed by atoms with Gasteiger partial charge in [0.1, 0.15) is 0 Å². The van der Waals surface area contributed by atoms with Crippen molar-refractivity contribution >= 4 is 34.0 Å². The first-order valence-electron chi connectivity index (χ1n) is 9.05. The molecule has 3 aromatic carbocycles. The summed E-state index contributed by atoms with van der Waals surface area (Å²) in [5.74, 6) is 0. The number of fused-ring (bicyclic) bond motifs is 1. The third-order valence-corrected chi connectivity index (χ3v) is 5.89. The first-order valence-corrected chi connectivity index (χ1v) is 9.80. The van der Waals surface area contributed by atoms with Gasteiger partial charge in [-0.2, -0.15) is 0 Å². The van der Waals surface area contributed by atoms with Crippen molar-refractivity contribution in [2.24, 2.45) is 0 Å². The van der Waals surface area contributed by atoms with Crippen LogP contribution in [0.1, 0.15) is 11.1 Å². The molecule has 0 aromatic heterocycles. The molecule has 1 fully saturated rings. The quantitative estimate of drug-likeness (QED) is 0.588. The lowest BCUT2D eigenvalue weighted by atomic mass is 10.0. The third-order valence-electron chi connectivity index (χ3n) is 5.18. The lowest BCUT2D eigenvalue weighted by molar-refractivity contribution is 0.122. The van der Waals surface area contributed by atoms with Crippen molar-refractivity contribution in [1.29, 1.82) is 0 Å². The van der Waals surface area contributed by atoms with Crippen LogP contribution in [-0.2, 0) is 13.1 Å². The summed E-state index contributed by atoms with van der Waals surface area (Å²) in [5.41, 5.74) is 2.45. The van der Waals surface area contributed by atoms with Gasteiger partial charge in [0.25, 0.3) is 0 Å². The van der Waals surface area contributed by atoms with Crippen LogP contribution < -0.4 is 0 Å². The predicted octanol–water partition coefficient (Wildman–Crippen LogP) is 5.46. The highest BCUT2D eigenvalue weighted by Gasteiger charge is 2.19. The molecule has 0 amide bonds. The SMILES string of the molecule is Clc1cccc(Cl)c1CN1CCN(Cc2cccc3ccccc23)CC1. The number of nitrogens with zero attached hydrogens (tertiary/aromatic N) is 2. The summed E-state index contributed by atoms with van der Waals surface area (Å²) in [6, 6.07) is 21.0. The number of halogens is 2. The fraction of sp³-hybridized carbons (Fsp3) is 0.273. The van der Waals surface area contributed by atoms with Crippen LogP contribution in [0.3, 0.4) is 0 Å². The van der Waals surface area contributed by atoms with E-state index in [2.05, 4.69) is 52.3 Å². The van der Waals surface area contributed by atoms with E-state index in [-0.39, 0.29) is 0 Å². The number of rotatable bonds is 4. The first kappa shape index (κ1) is 17.8. The average Bonchev–Trinajstić information content (AvgIpc) is 2.66. The summed E-state index contributed by atoms with van der Waals surface area (Å²) in [5, 5.41) is 4.20. The topological polar surface area (TPSA) is 6.48 Å². The lowest BCUT2D eigenvalue weighted by Crippen LogP contribution is -2.45. The number of piperazine rings is 1. The van der Waals surface area contributed by atoms with Crippen molar-refractivity contribution in [1.82, 2.24) is 9.80 Å². The highest BCUT2D eigenvalue weighted by atomic mass is 35.5. The van der Waals surface area contributed by atoms with Gasteiger partial charge in [0.05, 0.1) is 0 Å². The Morgan fingerprint density at radius 1 is 0.654 bits per heavy atom. The molecule has 0 aliphatic carbocycles. The van der Waals surface area contributed by atoms with Crippen LogP contribution in [0.5, 0.6) is 0 Å². The molecule has 1 heterocycles. The molecule has 1 saturated heterocycles. The molecule has 4 heteroatoms. The van der Waals surface area contributed by atoms with Crippen molar-refractivity contribution in [2.45, 2.75) is 13.1 Å². The lowest BCUT2D eigenvalue weighted by Gasteiger charge is -2.35. The molecule has 3 aromatic rings. The van der Waals surface area contributed by atoms with Gasteiger partial charge in [0.15, 0.2) is 0 Å². The van der Waals surface area contributed by atoms with Crippen LogP contribution in [0.15, 0.2) is 60.7 Å². The fourth-order valence-corrected chi connectivity index (χ4v) is 4.20. The van der Waals surface area contributed by atoms with Gasteiger partial charge < -0.3 is 0 Å². The molecule has 0 spiro atoms. The van der Waals surface area contributed by atoms with Crippen LogP contribution in [-0.4, -0.2) is 36.0 Å². The van der Waals surface area contributed by atoms with E-state index in [1.165, 1.54) is 16.3 Å². The Kier molecular flexibility index (Phi) is 5.46. The van der Waals surface area contributed by atoms with Gasteiger partial charge in [-0.1, -0.05) is 71.7 Å². The van der Waals surface area contributed by atoms with Crippen LogP contribution in [0.2, 0.25) is 10.0 Å². The molecule has 2 nitrogen and oxygen atoms in total. The van der Waals surface area contributed by atoms with Gasteiger partial charge in [0, 0.05) is 54.9 Å². The first-order chi connectivity index (χ1) is 12.7. The van der Waals surface area contributed by atoms with E-state index in [4.69, 9.17) is 23.2 Å². The second-order valence-corrected chi connectivity index (χ2v) is 7.71. The molecule has 1 aliphatic heterocycles. The molecule has 0 unspecified atom stereocenters. The highest BCUT2D eigenvalue weighted by molar-refractivity contribution is 6.35. The van der Waals surface area contributed by atoms with Gasteiger partial charge in [0.2, 0.25) is 0 Å². The largest absolute Gasteiger partial charge is 0.297 e. The zero-order valence-corrected chi connectivity index (χ0v) is 16.2. The molecule has 4 rings (SSSR count). The minimum absolute atomic E-state index is 0.760. The Labute approximate surface area is 164 Å². The molecule has 0 N–H and O–H groups in total. The second-order valence-electron chi connectivity index (χ2n) is 6.89. The fourth-order valence-electron chi connectivity index (χ4n) is 3.68. The smallest absolute Gasteiger partial charge is 0.0465 e. The molecule has 0 atom stereocenters. The maximum atomic E-state index is 6.32. The minimum atomic E-state index is 0.760. The number of hydrogen-bond acceptors (Lipinski definition) is 2. The van der Waals surface area contributed by atoms with Crippen LogP contribution in [0.25, 0.3) is 10.8 Å². The second kappa shape index (κ2) is 7.98. The highest BCUT2D eigenvalue weighted by Crippen LogP contribution is 2.26. The molecule has 26 heavy (non-hydrogen) atoms. The van der Waals surface area contributed by atoms with Crippen molar-refractivity contribution in [3.63, 3.8) is 0 Å². The van der Waals surface area contributed by atoms with E-state index in [9.17, 15) is 0 Å². The number of benzene rings is 3. The van der Waals surface area contributed by atoms with E-state index in [0.717, 1.165) is 54.9 Å². The van der Waals surface area contributed by atoms with E-state index >= 15 is 0 Å². The molecular weight excluding hydrogens is 363 g/mol. The normalized spacial score (nSPS) is 16.2. The van der Waals surface area contributed by atoms with Crippen molar-refractivity contribution in [2.75, 3.05) is 26.2 Å². The summed E-state index contributed by atoms with van der Waals surface area (Å²) >= 11 is 12.6.